The van der Waals surface area contributed by atoms with Crippen LogP contribution in [-0.4, -0.2) is 46.8 Å². The van der Waals surface area contributed by atoms with Gasteiger partial charge in [0.25, 0.3) is 5.91 Å². The zero-order chi connectivity index (χ0) is 20.3. The highest BCUT2D eigenvalue weighted by Gasteiger charge is 2.21. The maximum atomic E-state index is 13.1. The number of para-hydroxylation sites is 1. The fraction of sp³-hybridized carbons (Fsp3) is 0.250. The molecular weight excluding hydrogens is 363 g/mol. The summed E-state index contributed by atoms with van der Waals surface area (Å²) in [5.74, 6) is 1.08. The van der Waals surface area contributed by atoms with E-state index in [1.54, 1.807) is 46.4 Å². The lowest BCUT2D eigenvalue weighted by atomic mass is 10.1. The van der Waals surface area contributed by atoms with Crippen LogP contribution < -0.4 is 9.47 Å². The minimum atomic E-state index is -0.343. The first-order valence-corrected chi connectivity index (χ1v) is 8.59. The minimum absolute atomic E-state index is 0.0613. The summed E-state index contributed by atoms with van der Waals surface area (Å²) in [6.45, 7) is 2.03. The van der Waals surface area contributed by atoms with E-state index in [1.807, 2.05) is 12.1 Å². The van der Waals surface area contributed by atoms with Crippen LogP contribution in [-0.2, 0) is 6.54 Å². The van der Waals surface area contributed by atoms with Crippen molar-refractivity contribution in [2.24, 2.45) is 0 Å². The van der Waals surface area contributed by atoms with Crippen molar-refractivity contribution in [2.45, 2.75) is 13.5 Å². The fourth-order valence-corrected chi connectivity index (χ4v) is 2.88. The molecule has 0 saturated heterocycles. The number of methoxy groups -OCH3 is 2. The number of hydrogen-bond donors (Lipinski definition) is 0. The molecule has 0 bridgehead atoms. The Balaban J connectivity index is 1.83. The zero-order valence-electron chi connectivity index (χ0n) is 16.1. The van der Waals surface area contributed by atoms with Gasteiger partial charge in [-0.1, -0.05) is 12.1 Å². The second-order valence-electron chi connectivity index (χ2n) is 6.18. The summed E-state index contributed by atoms with van der Waals surface area (Å²) < 4.78 is 25.4. The van der Waals surface area contributed by atoms with E-state index in [2.05, 4.69) is 10.1 Å². The van der Waals surface area contributed by atoms with Crippen molar-refractivity contribution in [2.75, 3.05) is 21.3 Å². The number of carbonyl (C=O) groups is 1. The van der Waals surface area contributed by atoms with Crippen LogP contribution in [0.1, 0.15) is 22.0 Å². The number of hydrogen-bond acceptors (Lipinski definition) is 5. The number of benzene rings is 2. The number of carbonyl (C=O) groups excluding carboxylic acids is 1. The highest BCUT2D eigenvalue weighted by molar-refractivity contribution is 5.90. The molecule has 0 spiro atoms. The van der Waals surface area contributed by atoms with Gasteiger partial charge in [0.2, 0.25) is 5.82 Å². The first-order valence-electron chi connectivity index (χ1n) is 8.59. The number of aromatic nitrogens is 3. The maximum absolute atomic E-state index is 13.1. The Kier molecular flexibility index (Phi) is 5.58. The van der Waals surface area contributed by atoms with E-state index in [1.165, 1.54) is 21.7 Å². The molecule has 2 aromatic carbocycles. The largest absolute Gasteiger partial charge is 0.493 e. The van der Waals surface area contributed by atoms with Crippen LogP contribution in [0.2, 0.25) is 0 Å². The van der Waals surface area contributed by atoms with Crippen LogP contribution in [0.5, 0.6) is 11.5 Å². The number of nitrogens with zero attached hydrogens (tertiary/aromatic N) is 4. The molecule has 3 aromatic rings. The number of aryl methyl sites for hydroxylation is 1. The number of halogens is 1. The molecule has 0 radical (unpaired) electrons. The fourth-order valence-electron chi connectivity index (χ4n) is 2.88. The van der Waals surface area contributed by atoms with Crippen molar-refractivity contribution < 1.29 is 18.7 Å². The van der Waals surface area contributed by atoms with E-state index < -0.39 is 0 Å². The Morgan fingerprint density at radius 2 is 1.86 bits per heavy atom. The Morgan fingerprint density at radius 3 is 2.50 bits per heavy atom. The molecule has 7 nitrogen and oxygen atoms in total. The normalized spacial score (nSPS) is 10.6. The van der Waals surface area contributed by atoms with Crippen molar-refractivity contribution in [1.29, 1.82) is 0 Å². The molecule has 0 aliphatic rings. The predicted molar refractivity (Wildman–Crippen MR) is 101 cm³/mol. The first-order chi connectivity index (χ1) is 13.4. The maximum Gasteiger partial charge on any atom is 0.293 e. The monoisotopic (exact) mass is 384 g/mol. The lowest BCUT2D eigenvalue weighted by Gasteiger charge is -2.18. The molecular formula is C20H21FN4O3. The van der Waals surface area contributed by atoms with Crippen LogP contribution in [0.3, 0.4) is 0 Å². The van der Waals surface area contributed by atoms with Crippen LogP contribution in [0.4, 0.5) is 4.39 Å². The van der Waals surface area contributed by atoms with Gasteiger partial charge in [0, 0.05) is 19.2 Å². The van der Waals surface area contributed by atoms with Gasteiger partial charge in [-0.15, -0.1) is 5.10 Å². The van der Waals surface area contributed by atoms with Gasteiger partial charge in [0.05, 0.1) is 19.9 Å². The van der Waals surface area contributed by atoms with Crippen molar-refractivity contribution in [3.05, 3.63) is 65.5 Å². The Bertz CT molecular complexity index is 986. The number of ether oxygens (including phenoxy) is 2. The quantitative estimate of drug-likeness (QED) is 0.653. The molecule has 0 atom stereocenters. The van der Waals surface area contributed by atoms with Crippen LogP contribution in [0.15, 0.2) is 42.5 Å². The van der Waals surface area contributed by atoms with Gasteiger partial charge >= 0.3 is 0 Å². The minimum Gasteiger partial charge on any atom is -0.493 e. The molecule has 3 rings (SSSR count). The van der Waals surface area contributed by atoms with E-state index in [0.717, 1.165) is 5.56 Å². The van der Waals surface area contributed by atoms with Gasteiger partial charge in [-0.2, -0.15) is 0 Å². The molecule has 1 aromatic heterocycles. The molecule has 0 aliphatic heterocycles. The molecule has 8 heteroatoms. The van der Waals surface area contributed by atoms with E-state index >= 15 is 0 Å². The molecule has 1 amide bonds. The van der Waals surface area contributed by atoms with Gasteiger partial charge in [-0.25, -0.2) is 14.1 Å². The average molecular weight is 384 g/mol. The van der Waals surface area contributed by atoms with E-state index in [0.29, 0.717) is 29.6 Å². The molecule has 146 valence electrons. The highest BCUT2D eigenvalue weighted by Crippen LogP contribution is 2.31. The molecule has 0 fully saturated rings. The smallest absolute Gasteiger partial charge is 0.293 e. The summed E-state index contributed by atoms with van der Waals surface area (Å²) in [6.07, 6.45) is 0. The second-order valence-corrected chi connectivity index (χ2v) is 6.18. The van der Waals surface area contributed by atoms with E-state index in [-0.39, 0.29) is 17.5 Å². The van der Waals surface area contributed by atoms with E-state index in [9.17, 15) is 9.18 Å². The number of rotatable bonds is 6. The third kappa shape index (κ3) is 3.80. The molecule has 1 heterocycles. The Labute approximate surface area is 162 Å². The zero-order valence-corrected chi connectivity index (χ0v) is 16.1. The Morgan fingerprint density at radius 1 is 1.14 bits per heavy atom. The standard InChI is InChI=1S/C20H21FN4O3/c1-13-22-19(23-25(13)16-10-8-15(21)9-11-16)20(26)24(2)12-14-6-5-7-17(27-3)18(14)28-4/h5-11H,12H2,1-4H3. The van der Waals surface area contributed by atoms with Crippen LogP contribution in [0, 0.1) is 12.7 Å². The molecule has 0 N–H and O–H groups in total. The third-order valence-electron chi connectivity index (χ3n) is 4.27. The summed E-state index contributed by atoms with van der Waals surface area (Å²) in [5.41, 5.74) is 1.43. The summed E-state index contributed by atoms with van der Waals surface area (Å²) in [6, 6.07) is 11.3. The van der Waals surface area contributed by atoms with Crippen molar-refractivity contribution in [3.63, 3.8) is 0 Å². The van der Waals surface area contributed by atoms with Gasteiger partial charge in [0.15, 0.2) is 11.5 Å². The predicted octanol–water partition coefficient (Wildman–Crippen LogP) is 3.00. The number of amides is 1. The van der Waals surface area contributed by atoms with Gasteiger partial charge in [-0.05, 0) is 37.3 Å². The summed E-state index contributed by atoms with van der Waals surface area (Å²) in [4.78, 5) is 18.6. The highest BCUT2D eigenvalue weighted by atomic mass is 19.1. The summed E-state index contributed by atoms with van der Waals surface area (Å²) in [5, 5.41) is 4.28. The van der Waals surface area contributed by atoms with E-state index in [4.69, 9.17) is 9.47 Å². The van der Waals surface area contributed by atoms with Crippen molar-refractivity contribution in [3.8, 4) is 17.2 Å². The SMILES string of the molecule is COc1cccc(CN(C)C(=O)c2nc(C)n(-c3ccc(F)cc3)n2)c1OC. The van der Waals surface area contributed by atoms with Gasteiger partial charge < -0.3 is 14.4 Å². The van der Waals surface area contributed by atoms with Gasteiger partial charge in [-0.3, -0.25) is 4.79 Å². The molecule has 28 heavy (non-hydrogen) atoms. The average Bonchev–Trinajstić information content (AvgIpc) is 3.09. The molecule has 0 aliphatic carbocycles. The lowest BCUT2D eigenvalue weighted by Crippen LogP contribution is -2.27. The summed E-state index contributed by atoms with van der Waals surface area (Å²) in [7, 11) is 4.78. The van der Waals surface area contributed by atoms with Crippen molar-refractivity contribution >= 4 is 5.91 Å². The second kappa shape index (κ2) is 8.08. The Hall–Kier alpha value is -3.42. The third-order valence-corrected chi connectivity index (χ3v) is 4.27. The van der Waals surface area contributed by atoms with Crippen LogP contribution >= 0.6 is 0 Å². The molecule has 0 unspecified atom stereocenters. The lowest BCUT2D eigenvalue weighted by molar-refractivity contribution is 0.0772. The molecule has 0 saturated carbocycles. The first kappa shape index (κ1) is 19.3. The topological polar surface area (TPSA) is 69.5 Å². The van der Waals surface area contributed by atoms with Gasteiger partial charge in [0.1, 0.15) is 11.6 Å². The van der Waals surface area contributed by atoms with Crippen molar-refractivity contribution in [1.82, 2.24) is 19.7 Å². The van der Waals surface area contributed by atoms with Crippen LogP contribution in [0.25, 0.3) is 5.69 Å². The summed E-state index contributed by atoms with van der Waals surface area (Å²) >= 11 is 0.